The molecular formula is C16H26FN3O2S. The van der Waals surface area contributed by atoms with Crippen LogP contribution < -0.4 is 0 Å². The second-order valence-electron chi connectivity index (χ2n) is 6.51. The molecule has 5 nitrogen and oxygen atoms in total. The van der Waals surface area contributed by atoms with Crippen molar-refractivity contribution < 1.29 is 12.8 Å². The fraction of sp³-hybridized carbons (Fsp3) is 0.688. The van der Waals surface area contributed by atoms with Gasteiger partial charge in [-0.25, -0.2) is 12.8 Å². The Hall–Kier alpha value is -1.05. The van der Waals surface area contributed by atoms with E-state index in [9.17, 15) is 12.8 Å². The summed E-state index contributed by atoms with van der Waals surface area (Å²) >= 11 is 0. The third-order valence-electron chi connectivity index (χ3n) is 4.30. The molecule has 0 atom stereocenters. The summed E-state index contributed by atoms with van der Waals surface area (Å²) < 4.78 is 40.6. The normalized spacial score (nSPS) is 17.1. The molecule has 1 aliphatic carbocycles. The first kappa shape index (κ1) is 18.3. The lowest BCUT2D eigenvalue weighted by Gasteiger charge is -2.30. The van der Waals surface area contributed by atoms with Gasteiger partial charge in [-0.15, -0.1) is 0 Å². The lowest BCUT2D eigenvalue weighted by Crippen LogP contribution is -2.40. The lowest BCUT2D eigenvalue weighted by atomic mass is 9.89. The number of hydrogen-bond acceptors (Lipinski definition) is 4. The maximum absolute atomic E-state index is 13.4. The van der Waals surface area contributed by atoms with Gasteiger partial charge in [0.2, 0.25) is 10.0 Å². The quantitative estimate of drug-likeness (QED) is 0.763. The number of rotatable bonds is 7. The molecule has 1 heterocycles. The van der Waals surface area contributed by atoms with Gasteiger partial charge in [-0.3, -0.25) is 4.98 Å². The Morgan fingerprint density at radius 1 is 1.17 bits per heavy atom. The van der Waals surface area contributed by atoms with Gasteiger partial charge in [-0.1, -0.05) is 19.3 Å². The molecule has 0 radical (unpaired) electrons. The van der Waals surface area contributed by atoms with E-state index in [0.29, 0.717) is 25.6 Å². The summed E-state index contributed by atoms with van der Waals surface area (Å²) in [4.78, 5) is 5.57. The van der Waals surface area contributed by atoms with Crippen LogP contribution >= 0.6 is 0 Å². The van der Waals surface area contributed by atoms with Crippen LogP contribution in [0.2, 0.25) is 0 Å². The van der Waals surface area contributed by atoms with Crippen LogP contribution in [0.15, 0.2) is 23.4 Å². The Bertz CT molecular complexity index is 601. The minimum Gasteiger partial charge on any atom is -0.308 e. The third kappa shape index (κ3) is 5.22. The van der Waals surface area contributed by atoms with E-state index in [1.807, 2.05) is 19.0 Å². The first-order valence-corrected chi connectivity index (χ1v) is 9.59. The second-order valence-corrected chi connectivity index (χ2v) is 8.45. The fourth-order valence-electron chi connectivity index (χ4n) is 2.96. The Morgan fingerprint density at radius 2 is 1.87 bits per heavy atom. The van der Waals surface area contributed by atoms with Crippen LogP contribution in [0.1, 0.15) is 32.1 Å². The summed E-state index contributed by atoms with van der Waals surface area (Å²) in [5.41, 5.74) is 0. The molecule has 1 fully saturated rings. The van der Waals surface area contributed by atoms with Crippen molar-refractivity contribution in [2.24, 2.45) is 5.92 Å². The maximum Gasteiger partial charge on any atom is 0.244 e. The van der Waals surface area contributed by atoms with Gasteiger partial charge in [-0.2, -0.15) is 4.31 Å². The van der Waals surface area contributed by atoms with E-state index in [4.69, 9.17) is 0 Å². The van der Waals surface area contributed by atoms with Crippen molar-refractivity contribution in [3.05, 3.63) is 24.3 Å². The molecule has 0 N–H and O–H groups in total. The molecule has 23 heavy (non-hydrogen) atoms. The highest BCUT2D eigenvalue weighted by Crippen LogP contribution is 2.26. The lowest BCUT2D eigenvalue weighted by molar-refractivity contribution is 0.261. The first-order valence-electron chi connectivity index (χ1n) is 8.15. The van der Waals surface area contributed by atoms with Gasteiger partial charge >= 0.3 is 0 Å². The first-order chi connectivity index (χ1) is 10.9. The molecule has 7 heteroatoms. The number of aromatic nitrogens is 1. The maximum atomic E-state index is 13.4. The van der Waals surface area contributed by atoms with Crippen molar-refractivity contribution in [1.29, 1.82) is 0 Å². The van der Waals surface area contributed by atoms with Gasteiger partial charge in [0, 0.05) is 25.8 Å². The topological polar surface area (TPSA) is 53.5 Å². The highest BCUT2D eigenvalue weighted by Gasteiger charge is 2.28. The SMILES string of the molecule is CN(C)CCN(CC1CCCCC1)S(=O)(=O)c1cncc(F)c1. The zero-order chi connectivity index (χ0) is 16.9. The van der Waals surface area contributed by atoms with Crippen molar-refractivity contribution in [3.63, 3.8) is 0 Å². The molecule has 1 aliphatic rings. The van der Waals surface area contributed by atoms with Crippen molar-refractivity contribution in [3.8, 4) is 0 Å². The molecule has 0 aliphatic heterocycles. The summed E-state index contributed by atoms with van der Waals surface area (Å²) in [6.07, 6.45) is 7.92. The second kappa shape index (κ2) is 8.17. The Morgan fingerprint density at radius 3 is 2.48 bits per heavy atom. The monoisotopic (exact) mass is 343 g/mol. The zero-order valence-corrected chi connectivity index (χ0v) is 14.7. The Labute approximate surface area is 138 Å². The van der Waals surface area contributed by atoms with Crippen LogP contribution in [0, 0.1) is 11.7 Å². The van der Waals surface area contributed by atoms with Crippen molar-refractivity contribution in [2.45, 2.75) is 37.0 Å². The minimum absolute atomic E-state index is 0.0629. The smallest absolute Gasteiger partial charge is 0.244 e. The predicted molar refractivity (Wildman–Crippen MR) is 88.1 cm³/mol. The van der Waals surface area contributed by atoms with E-state index in [1.54, 1.807) is 0 Å². The molecule has 0 aromatic carbocycles. The van der Waals surface area contributed by atoms with Crippen LogP contribution in [0.5, 0.6) is 0 Å². The minimum atomic E-state index is -3.71. The number of likely N-dealkylation sites (N-methyl/N-ethyl adjacent to an activating group) is 1. The number of pyridine rings is 1. The van der Waals surface area contributed by atoms with E-state index in [-0.39, 0.29) is 4.90 Å². The predicted octanol–water partition coefficient (Wildman–Crippen LogP) is 2.35. The Kier molecular flexibility index (Phi) is 6.50. The highest BCUT2D eigenvalue weighted by atomic mass is 32.2. The molecule has 0 spiro atoms. The van der Waals surface area contributed by atoms with Crippen LogP contribution in [0.25, 0.3) is 0 Å². The van der Waals surface area contributed by atoms with E-state index >= 15 is 0 Å². The number of hydrogen-bond donors (Lipinski definition) is 0. The molecule has 0 saturated heterocycles. The van der Waals surface area contributed by atoms with E-state index in [2.05, 4.69) is 4.98 Å². The average molecular weight is 343 g/mol. The average Bonchev–Trinajstić information content (AvgIpc) is 2.52. The van der Waals surface area contributed by atoms with Crippen molar-refractivity contribution >= 4 is 10.0 Å². The van der Waals surface area contributed by atoms with E-state index < -0.39 is 15.8 Å². The van der Waals surface area contributed by atoms with Gasteiger partial charge in [0.05, 0.1) is 6.20 Å². The standard InChI is InChI=1S/C16H26FN3O2S/c1-19(2)8-9-20(13-14-6-4-3-5-7-14)23(21,22)16-10-15(17)11-18-12-16/h10-12,14H,3-9,13H2,1-2H3. The van der Waals surface area contributed by atoms with E-state index in [1.165, 1.54) is 16.9 Å². The van der Waals surface area contributed by atoms with Crippen molar-refractivity contribution in [1.82, 2.24) is 14.2 Å². The summed E-state index contributed by atoms with van der Waals surface area (Å²) in [7, 11) is 0.109. The molecule has 1 aromatic rings. The molecular weight excluding hydrogens is 317 g/mol. The summed E-state index contributed by atoms with van der Waals surface area (Å²) in [6, 6.07) is 1.05. The largest absolute Gasteiger partial charge is 0.308 e. The van der Waals surface area contributed by atoms with Crippen molar-refractivity contribution in [2.75, 3.05) is 33.7 Å². The molecule has 0 unspecified atom stereocenters. The summed E-state index contributed by atoms with van der Waals surface area (Å²) in [5, 5.41) is 0. The summed E-state index contributed by atoms with van der Waals surface area (Å²) in [6.45, 7) is 1.55. The highest BCUT2D eigenvalue weighted by molar-refractivity contribution is 7.89. The molecule has 130 valence electrons. The fourth-order valence-corrected chi connectivity index (χ4v) is 4.44. The number of halogens is 1. The zero-order valence-electron chi connectivity index (χ0n) is 13.9. The van der Waals surface area contributed by atoms with Crippen LogP contribution in [-0.2, 0) is 10.0 Å². The molecule has 2 rings (SSSR count). The van der Waals surface area contributed by atoms with Gasteiger partial charge < -0.3 is 4.90 Å². The number of sulfonamides is 1. The van der Waals surface area contributed by atoms with Crippen LogP contribution in [-0.4, -0.2) is 56.3 Å². The van der Waals surface area contributed by atoms with Gasteiger partial charge in [0.1, 0.15) is 10.7 Å². The summed E-state index contributed by atoms with van der Waals surface area (Å²) in [5.74, 6) is -0.237. The Balaban J connectivity index is 2.19. The third-order valence-corrected chi connectivity index (χ3v) is 6.13. The molecule has 1 aromatic heterocycles. The number of nitrogens with zero attached hydrogens (tertiary/aromatic N) is 3. The van der Waals surface area contributed by atoms with Gasteiger partial charge in [-0.05, 0) is 38.9 Å². The van der Waals surface area contributed by atoms with E-state index in [0.717, 1.165) is 37.9 Å². The van der Waals surface area contributed by atoms with Gasteiger partial charge in [0.15, 0.2) is 0 Å². The van der Waals surface area contributed by atoms with Crippen LogP contribution in [0.4, 0.5) is 4.39 Å². The molecule has 0 bridgehead atoms. The van der Waals surface area contributed by atoms with Crippen LogP contribution in [0.3, 0.4) is 0 Å². The molecule has 1 saturated carbocycles. The molecule has 0 amide bonds. The van der Waals surface area contributed by atoms with Gasteiger partial charge in [0.25, 0.3) is 0 Å².